The summed E-state index contributed by atoms with van der Waals surface area (Å²) in [6, 6.07) is 0. The van der Waals surface area contributed by atoms with Gasteiger partial charge in [-0.25, -0.2) is 0 Å². The zero-order chi connectivity index (χ0) is 8.55. The van der Waals surface area contributed by atoms with Crippen LogP contribution in [0.1, 0.15) is 25.7 Å². The highest BCUT2D eigenvalue weighted by Gasteiger charge is 2.36. The Morgan fingerprint density at radius 1 is 1.33 bits per heavy atom. The Kier molecular flexibility index (Phi) is 2.22. The Morgan fingerprint density at radius 3 is 3.00 bits per heavy atom. The fourth-order valence-electron chi connectivity index (χ4n) is 2.07. The van der Waals surface area contributed by atoms with E-state index in [-0.39, 0.29) is 5.25 Å². The van der Waals surface area contributed by atoms with Crippen molar-refractivity contribution in [2.24, 2.45) is 5.92 Å². The van der Waals surface area contributed by atoms with Gasteiger partial charge in [0.15, 0.2) is 0 Å². The molecule has 1 saturated carbocycles. The molecule has 2 aliphatic rings. The topological polar surface area (TPSA) is 34.1 Å². The predicted molar refractivity (Wildman–Crippen MR) is 48.2 cm³/mol. The van der Waals surface area contributed by atoms with Crippen LogP contribution in [0.4, 0.5) is 0 Å². The lowest BCUT2D eigenvalue weighted by Gasteiger charge is -2.32. The van der Waals surface area contributed by atoms with Crippen molar-refractivity contribution in [3.8, 4) is 0 Å². The Bertz CT molecular complexity index is 225. The van der Waals surface area contributed by atoms with Crippen LogP contribution in [0.2, 0.25) is 0 Å². The number of ketones is 2. The molecule has 0 bridgehead atoms. The van der Waals surface area contributed by atoms with Gasteiger partial charge in [0.1, 0.15) is 11.6 Å². The van der Waals surface area contributed by atoms with E-state index in [2.05, 4.69) is 0 Å². The highest BCUT2D eigenvalue weighted by atomic mass is 32.2. The third-order valence-electron chi connectivity index (χ3n) is 2.66. The summed E-state index contributed by atoms with van der Waals surface area (Å²) in [5.74, 6) is 1.64. The Balaban J connectivity index is 2.09. The van der Waals surface area contributed by atoms with Crippen LogP contribution < -0.4 is 0 Å². The standard InChI is InChI=1S/C9H12O2S/c10-7-4-6-2-1-3-8(11)9(6)12-5-7/h6,9H,1-5H2. The van der Waals surface area contributed by atoms with Crippen molar-refractivity contribution in [3.63, 3.8) is 0 Å². The number of rotatable bonds is 0. The summed E-state index contributed by atoms with van der Waals surface area (Å²) in [6.45, 7) is 0. The van der Waals surface area contributed by atoms with Gasteiger partial charge in [0.2, 0.25) is 0 Å². The van der Waals surface area contributed by atoms with Crippen molar-refractivity contribution >= 4 is 23.3 Å². The van der Waals surface area contributed by atoms with Crippen LogP contribution in [-0.4, -0.2) is 22.6 Å². The van der Waals surface area contributed by atoms with Gasteiger partial charge in [0.05, 0.1) is 11.0 Å². The predicted octanol–water partition coefficient (Wildman–Crippen LogP) is 1.43. The molecule has 0 aromatic rings. The van der Waals surface area contributed by atoms with Crippen molar-refractivity contribution in [2.75, 3.05) is 5.75 Å². The highest BCUT2D eigenvalue weighted by molar-refractivity contribution is 8.01. The second kappa shape index (κ2) is 3.21. The van der Waals surface area contributed by atoms with Gasteiger partial charge in [-0.15, -0.1) is 11.8 Å². The molecule has 2 nitrogen and oxygen atoms in total. The first-order valence-electron chi connectivity index (χ1n) is 4.43. The third kappa shape index (κ3) is 1.42. The number of hydrogen-bond donors (Lipinski definition) is 0. The summed E-state index contributed by atoms with van der Waals surface area (Å²) in [4.78, 5) is 22.5. The van der Waals surface area contributed by atoms with E-state index in [1.54, 1.807) is 11.8 Å². The molecule has 0 spiro atoms. The van der Waals surface area contributed by atoms with E-state index in [4.69, 9.17) is 0 Å². The molecular formula is C9H12O2S. The second-order valence-corrected chi connectivity index (χ2v) is 4.72. The minimum atomic E-state index is 0.163. The fourth-order valence-corrected chi connectivity index (χ4v) is 3.36. The first-order chi connectivity index (χ1) is 5.77. The van der Waals surface area contributed by atoms with E-state index in [9.17, 15) is 9.59 Å². The Morgan fingerprint density at radius 2 is 2.17 bits per heavy atom. The molecule has 66 valence electrons. The summed E-state index contributed by atoms with van der Waals surface area (Å²) >= 11 is 1.56. The molecule has 1 aliphatic carbocycles. The van der Waals surface area contributed by atoms with Crippen molar-refractivity contribution in [1.82, 2.24) is 0 Å². The maximum Gasteiger partial charge on any atom is 0.146 e. The average molecular weight is 184 g/mol. The van der Waals surface area contributed by atoms with Crippen LogP contribution >= 0.6 is 11.8 Å². The number of Topliss-reactive ketones (excluding diaryl/α,β-unsaturated/α-hetero) is 2. The normalized spacial score (nSPS) is 36.3. The van der Waals surface area contributed by atoms with Gasteiger partial charge >= 0.3 is 0 Å². The molecule has 1 aliphatic heterocycles. The summed E-state index contributed by atoms with van der Waals surface area (Å²) in [5, 5.41) is 0.163. The van der Waals surface area contributed by atoms with Crippen LogP contribution in [0.5, 0.6) is 0 Å². The summed E-state index contributed by atoms with van der Waals surface area (Å²) in [5.41, 5.74) is 0. The lowest BCUT2D eigenvalue weighted by Crippen LogP contribution is -2.37. The third-order valence-corrected chi connectivity index (χ3v) is 4.15. The van der Waals surface area contributed by atoms with Crippen molar-refractivity contribution in [2.45, 2.75) is 30.9 Å². The number of thioether (sulfide) groups is 1. The lowest BCUT2D eigenvalue weighted by atomic mass is 9.84. The SMILES string of the molecule is O=C1CSC2C(=O)CCCC2C1. The van der Waals surface area contributed by atoms with Gasteiger partial charge in [0.25, 0.3) is 0 Å². The molecule has 0 amide bonds. The van der Waals surface area contributed by atoms with Crippen LogP contribution in [-0.2, 0) is 9.59 Å². The van der Waals surface area contributed by atoms with Crippen LogP contribution in [0, 0.1) is 5.92 Å². The van der Waals surface area contributed by atoms with Gasteiger partial charge in [-0.3, -0.25) is 9.59 Å². The number of fused-ring (bicyclic) bond motifs is 1. The molecule has 1 heterocycles. The monoisotopic (exact) mass is 184 g/mol. The zero-order valence-electron chi connectivity index (χ0n) is 6.91. The summed E-state index contributed by atoms with van der Waals surface area (Å²) in [6.07, 6.45) is 3.47. The van der Waals surface area contributed by atoms with E-state index < -0.39 is 0 Å². The van der Waals surface area contributed by atoms with E-state index in [1.165, 1.54) is 0 Å². The van der Waals surface area contributed by atoms with Gasteiger partial charge in [-0.1, -0.05) is 0 Å². The number of carbonyl (C=O) groups is 2. The molecule has 2 atom stereocenters. The number of carbonyl (C=O) groups excluding carboxylic acids is 2. The highest BCUT2D eigenvalue weighted by Crippen LogP contribution is 2.37. The molecule has 0 aromatic heterocycles. The summed E-state index contributed by atoms with van der Waals surface area (Å²) < 4.78 is 0. The molecular weight excluding hydrogens is 172 g/mol. The molecule has 3 heteroatoms. The zero-order valence-corrected chi connectivity index (χ0v) is 7.73. The quantitative estimate of drug-likeness (QED) is 0.571. The van der Waals surface area contributed by atoms with Crippen LogP contribution in [0.25, 0.3) is 0 Å². The number of hydrogen-bond acceptors (Lipinski definition) is 3. The van der Waals surface area contributed by atoms with Crippen molar-refractivity contribution in [1.29, 1.82) is 0 Å². The van der Waals surface area contributed by atoms with E-state index in [1.807, 2.05) is 0 Å². The van der Waals surface area contributed by atoms with Crippen molar-refractivity contribution in [3.05, 3.63) is 0 Å². The van der Waals surface area contributed by atoms with Crippen molar-refractivity contribution < 1.29 is 9.59 Å². The first kappa shape index (κ1) is 8.30. The maximum atomic E-state index is 11.4. The van der Waals surface area contributed by atoms with E-state index in [0.717, 1.165) is 19.3 Å². The van der Waals surface area contributed by atoms with Crippen LogP contribution in [0.3, 0.4) is 0 Å². The average Bonchev–Trinajstić information content (AvgIpc) is 2.04. The van der Waals surface area contributed by atoms with Gasteiger partial charge < -0.3 is 0 Å². The fraction of sp³-hybridized carbons (Fsp3) is 0.778. The van der Waals surface area contributed by atoms with Gasteiger partial charge in [-0.05, 0) is 18.8 Å². The largest absolute Gasteiger partial charge is 0.299 e. The minimum Gasteiger partial charge on any atom is -0.299 e. The van der Waals surface area contributed by atoms with E-state index >= 15 is 0 Å². The molecule has 12 heavy (non-hydrogen) atoms. The Labute approximate surface area is 76.1 Å². The minimum absolute atomic E-state index is 0.163. The lowest BCUT2D eigenvalue weighted by molar-refractivity contribution is -0.122. The Hall–Kier alpha value is -0.310. The van der Waals surface area contributed by atoms with Crippen LogP contribution in [0.15, 0.2) is 0 Å². The molecule has 0 radical (unpaired) electrons. The maximum absolute atomic E-state index is 11.4. The molecule has 0 N–H and O–H groups in total. The first-order valence-corrected chi connectivity index (χ1v) is 5.48. The van der Waals surface area contributed by atoms with Gasteiger partial charge in [0, 0.05) is 12.8 Å². The second-order valence-electron chi connectivity index (χ2n) is 3.59. The molecule has 0 aromatic carbocycles. The van der Waals surface area contributed by atoms with E-state index in [0.29, 0.717) is 29.7 Å². The molecule has 2 fully saturated rings. The molecule has 2 rings (SSSR count). The summed E-state index contributed by atoms with van der Waals surface area (Å²) in [7, 11) is 0. The van der Waals surface area contributed by atoms with Gasteiger partial charge in [-0.2, -0.15) is 0 Å². The molecule has 2 unspecified atom stereocenters. The smallest absolute Gasteiger partial charge is 0.146 e. The molecule has 1 saturated heterocycles.